The number of aromatic nitrogens is 2. The number of halogens is 5. The number of ether oxygens (including phenoxy) is 4. The summed E-state index contributed by atoms with van der Waals surface area (Å²) in [5, 5.41) is 62.7. The Bertz CT molecular complexity index is 3770. The Hall–Kier alpha value is -4.68. The predicted molar refractivity (Wildman–Crippen MR) is 384 cm³/mol. The van der Waals surface area contributed by atoms with Crippen LogP contribution in [0.2, 0.25) is 20.1 Å². The molecule has 0 radical (unpaired) electrons. The van der Waals surface area contributed by atoms with Gasteiger partial charge in [-0.15, -0.1) is 21.7 Å². The van der Waals surface area contributed by atoms with Gasteiger partial charge in [0, 0.05) is 74.6 Å². The van der Waals surface area contributed by atoms with E-state index < -0.39 is 81.0 Å². The molecule has 8 aliphatic rings. The van der Waals surface area contributed by atoms with Crippen LogP contribution in [0.3, 0.4) is 0 Å². The summed E-state index contributed by atoms with van der Waals surface area (Å²) in [6.45, 7) is 23.9. The number of allylic oxidation sites excluding steroid dienone is 6. The maximum Gasteiger partial charge on any atom is 1.00 e. The van der Waals surface area contributed by atoms with Crippen LogP contribution in [-0.2, 0) is 60.9 Å². The molecule has 26 heteroatoms. The Balaban J connectivity index is 0.000000213. The fourth-order valence-corrected chi connectivity index (χ4v) is 21.7. The number of nitrogens with zero attached hydrogens (tertiary/aromatic N) is 3. The number of benzene rings is 2. The molecular formula is C77H99Cl5N3NaO17. The first-order valence-corrected chi connectivity index (χ1v) is 37.3. The third-order valence-corrected chi connectivity index (χ3v) is 27.1. The molecule has 0 amide bonds. The number of carbonyl (C=O) groups excluding carboxylic acids is 6. The van der Waals surface area contributed by atoms with Crippen molar-refractivity contribution >= 4 is 93.4 Å². The van der Waals surface area contributed by atoms with Crippen LogP contribution in [0.5, 0.6) is 0 Å². The van der Waals surface area contributed by atoms with Crippen LogP contribution in [-0.4, -0.2) is 112 Å². The van der Waals surface area contributed by atoms with Crippen LogP contribution >= 0.6 is 58.0 Å². The van der Waals surface area contributed by atoms with Crippen molar-refractivity contribution in [2.24, 2.45) is 68.5 Å². The largest absolute Gasteiger partial charge is 1.00 e. The fourth-order valence-electron chi connectivity index (χ4n) is 20.2. The van der Waals surface area contributed by atoms with E-state index in [1.807, 2.05) is 69.7 Å². The second kappa shape index (κ2) is 34.3. The van der Waals surface area contributed by atoms with Crippen molar-refractivity contribution in [3.05, 3.63) is 143 Å². The van der Waals surface area contributed by atoms with Gasteiger partial charge < -0.3 is 53.9 Å². The van der Waals surface area contributed by atoms with E-state index in [2.05, 4.69) is 32.7 Å². The molecule has 20 nitrogen and oxygen atoms in total. The molecule has 8 aliphatic carbocycles. The average Bonchev–Trinajstić information content (AvgIpc) is 1.62. The number of esters is 3. The summed E-state index contributed by atoms with van der Waals surface area (Å²) in [6.07, 6.45) is 17.1. The predicted octanol–water partition coefficient (Wildman–Crippen LogP) is 11.5. The van der Waals surface area contributed by atoms with Gasteiger partial charge in [0.25, 0.3) is 5.09 Å². The van der Waals surface area contributed by atoms with E-state index in [9.17, 15) is 49.2 Å². The van der Waals surface area contributed by atoms with E-state index in [0.29, 0.717) is 89.7 Å². The second-order valence-corrected chi connectivity index (χ2v) is 33.0. The Morgan fingerprint density at radius 3 is 2.08 bits per heavy atom. The minimum Gasteiger partial charge on any atom is -0.545 e. The quantitative estimate of drug-likeness (QED) is 0.0143. The Kier molecular flexibility index (Phi) is 28.5. The summed E-state index contributed by atoms with van der Waals surface area (Å²) in [7, 11) is 0. The zero-order valence-corrected chi connectivity index (χ0v) is 67.1. The number of hydrogen-bond donors (Lipinski definition) is 4. The van der Waals surface area contributed by atoms with Crippen LogP contribution in [0.1, 0.15) is 190 Å². The van der Waals surface area contributed by atoms with Gasteiger partial charge >= 0.3 is 47.5 Å². The minimum absolute atomic E-state index is 0. The number of aliphatic hydroxyl groups excluding tert-OH is 3. The van der Waals surface area contributed by atoms with Gasteiger partial charge in [-0.25, -0.2) is 4.98 Å². The normalized spacial score (nSPS) is 34.9. The third-order valence-electron chi connectivity index (χ3n) is 25.1. The van der Waals surface area contributed by atoms with Crippen LogP contribution in [0.25, 0.3) is 0 Å². The zero-order chi connectivity index (χ0) is 75.6. The molecule has 2 aromatic carbocycles. The maximum absolute atomic E-state index is 13.9. The molecule has 0 bridgehead atoms. The molecule has 4 N–H and O–H groups in total. The number of carboxylic acids is 1. The molecule has 103 heavy (non-hydrogen) atoms. The van der Waals surface area contributed by atoms with Gasteiger partial charge in [0.1, 0.15) is 12.2 Å². The molecule has 1 heterocycles. The number of carboxylic acid groups (broad SMARTS) is 1. The van der Waals surface area contributed by atoms with E-state index in [-0.39, 0.29) is 124 Å². The van der Waals surface area contributed by atoms with Crippen molar-refractivity contribution in [3.8, 4) is 0 Å². The van der Waals surface area contributed by atoms with Gasteiger partial charge in [-0.1, -0.05) is 144 Å². The smallest absolute Gasteiger partial charge is 0.545 e. The van der Waals surface area contributed by atoms with Crippen LogP contribution in [0.4, 0.5) is 0 Å². The van der Waals surface area contributed by atoms with E-state index in [0.717, 1.165) is 48.0 Å². The molecule has 3 aromatic rings. The van der Waals surface area contributed by atoms with Crippen LogP contribution in [0, 0.1) is 78.6 Å². The van der Waals surface area contributed by atoms with Crippen molar-refractivity contribution in [1.29, 1.82) is 0 Å². The van der Waals surface area contributed by atoms with E-state index >= 15 is 0 Å². The van der Waals surface area contributed by atoms with Crippen LogP contribution < -0.4 is 34.7 Å². The molecule has 560 valence electrons. The summed E-state index contributed by atoms with van der Waals surface area (Å²) in [4.78, 5) is 86.6. The standard InChI is InChI=1S/C31H48O6.C28H37ClO7.C18H14Cl4N2O.HNO3.Na/c1-17(2)9-8-10-20(28(35)36)26-22-15-24(34)27-29(5)13-12-23(33)18(3)21(29)11-14-30(27,6)31(22,7)16-25(26)37-19(4)32;1-6-23(33)35-15-22(32)28(36-24(34)7-2)16(3)12-20-19-9-8-17-13-18(30)10-11-25(17,4)27(19,29)21(31)14-26(20,28)5;19-13-2-1-12(16(21)7-13)10-25-18(9-24-6-5-23-11-24)15-4-3-14(20)8-17(15)22;2-1(3)4;/h9,18,21-25,27,33-34H,8,10-16H2,1-7H3,(H,35,36);10-11,13,16,19-21,31H,6-9,12,14-15H2,1-5H3;1-8,11,18H,9-10H2;(H,2,3,4);/q;;;;+1/p-1/b26-20-;;;;/t18-,21-,22-,23+,24+,25-,27-,29-,30-,31-;16-,19-,20-,21-,25-,26-,27-,28-;;;/m00.../s1. The molecule has 1 unspecified atom stereocenters. The van der Waals surface area contributed by atoms with Gasteiger partial charge in [-0.05, 0) is 196 Å². The molecule has 11 rings (SSSR count). The Morgan fingerprint density at radius 2 is 1.49 bits per heavy atom. The van der Waals surface area contributed by atoms with Crippen molar-refractivity contribution in [1.82, 2.24) is 9.55 Å². The summed E-state index contributed by atoms with van der Waals surface area (Å²) >= 11 is 32.0. The zero-order valence-electron chi connectivity index (χ0n) is 61.3. The Morgan fingerprint density at radius 1 is 0.835 bits per heavy atom. The van der Waals surface area contributed by atoms with Gasteiger partial charge in [0.15, 0.2) is 18.0 Å². The number of hydrogen-bond acceptors (Lipinski definition) is 17. The monoisotopic (exact) mass is 1540 g/mol. The molecular weight excluding hydrogens is 1440 g/mol. The van der Waals surface area contributed by atoms with Crippen molar-refractivity contribution in [2.45, 2.75) is 227 Å². The number of aliphatic carboxylic acids is 1. The number of aliphatic hydroxyl groups is 3. The summed E-state index contributed by atoms with van der Waals surface area (Å²) in [6, 6.07) is 10.7. The number of ketones is 2. The maximum atomic E-state index is 13.9. The summed E-state index contributed by atoms with van der Waals surface area (Å²) < 4.78 is 25.2. The first-order chi connectivity index (χ1) is 47.7. The van der Waals surface area contributed by atoms with Crippen molar-refractivity contribution in [2.75, 3.05) is 6.61 Å². The SMILES string of the molecule is CC(=O)O[C@H]1C[C@@]2(C)[C@@H](C[C@@H](O)[C@H]3[C@@]4(C)CC[C@@H](O)[C@@H](C)[C@@H]4CC[C@@]32C)/C1=C(\CCC=C(C)C)C(=O)[O-].CCC(=O)OCC(=O)[C@@]1(OC(=O)CC)[C@@H](C)C[C@H]2[C@@H]3CCC4=CC(=O)C=C[C@]4(C)[C@@]3(Cl)[C@@H](O)C[C@@]21C.Clc1ccc(COC(Cn2ccnc2)c2ccc(Cl)cc2Cl)c(Cl)c1.O=[N+]([O-])O.[Na+]. The van der Waals surface area contributed by atoms with E-state index in [4.69, 9.17) is 92.3 Å². The number of imidazole rings is 1. The van der Waals surface area contributed by atoms with Crippen LogP contribution in [0.15, 0.2) is 102 Å². The van der Waals surface area contributed by atoms with E-state index in [1.54, 1.807) is 56.7 Å². The Labute approximate surface area is 651 Å². The van der Waals surface area contributed by atoms with Crippen molar-refractivity contribution in [3.63, 3.8) is 0 Å². The number of Topliss-reactive ketones (excluding diaryl/α,β-unsaturated/α-hetero) is 1. The van der Waals surface area contributed by atoms with Crippen molar-refractivity contribution < 1.29 is 108 Å². The van der Waals surface area contributed by atoms with Gasteiger partial charge in [-0.3, -0.25) is 24.0 Å². The number of fused-ring (bicyclic) bond motifs is 10. The molecule has 0 spiro atoms. The fraction of sp³-hybridized carbons (Fsp3) is 0.623. The third kappa shape index (κ3) is 16.8. The summed E-state index contributed by atoms with van der Waals surface area (Å²) in [5.74, 6) is -3.49. The number of carbonyl (C=O) groups is 6. The molecule has 7 saturated carbocycles. The average molecular weight is 1540 g/mol. The number of rotatable bonds is 17. The molecule has 7 fully saturated rings. The van der Waals surface area contributed by atoms with Gasteiger partial charge in [0.2, 0.25) is 5.78 Å². The first kappa shape index (κ1) is 85.6. The topological polar surface area (TPSA) is 304 Å². The van der Waals surface area contributed by atoms with Gasteiger partial charge in [-0.2, -0.15) is 0 Å². The number of alkyl halides is 1. The molecule has 1 aromatic heterocycles. The minimum atomic E-state index is -1.55. The second-order valence-electron chi connectivity index (χ2n) is 30.7. The first-order valence-electron chi connectivity index (χ1n) is 35.4. The molecule has 0 saturated heterocycles. The van der Waals surface area contributed by atoms with Gasteiger partial charge in [0.05, 0.1) is 48.6 Å². The molecule has 19 atom stereocenters. The molecule has 0 aliphatic heterocycles. The van der Waals surface area contributed by atoms with E-state index in [1.165, 1.54) is 13.0 Å². The summed E-state index contributed by atoms with van der Waals surface area (Å²) in [5.41, 5.74) is 0.753.